The fraction of sp³-hybridized carbons (Fsp3) is 0.429. The number of pyridine rings is 2. The molecule has 1 atom stereocenters. The van der Waals surface area contributed by atoms with Gasteiger partial charge in [0.2, 0.25) is 0 Å². The zero-order valence-electron chi connectivity index (χ0n) is 18.1. The smallest absolute Gasteiger partial charge is 0.407 e. The molecule has 11 heteroatoms. The van der Waals surface area contributed by atoms with Crippen molar-refractivity contribution in [2.45, 2.75) is 45.3 Å². The van der Waals surface area contributed by atoms with Crippen LogP contribution in [0.4, 0.5) is 26.2 Å². The van der Waals surface area contributed by atoms with Crippen LogP contribution in [0.5, 0.6) is 0 Å². The molecule has 0 saturated carbocycles. The van der Waals surface area contributed by atoms with Crippen molar-refractivity contribution in [3.05, 3.63) is 40.6 Å². The number of carbonyl (C=O) groups excluding carboxylic acids is 2. The third-order valence-electron chi connectivity index (χ3n) is 4.71. The lowest BCUT2D eigenvalue weighted by Crippen LogP contribution is -2.49. The predicted molar refractivity (Wildman–Crippen MR) is 123 cm³/mol. The van der Waals surface area contributed by atoms with E-state index < -0.39 is 23.4 Å². The first-order valence-corrected chi connectivity index (χ1v) is 10.9. The number of hydrogen-bond donors (Lipinski definition) is 3. The number of aromatic nitrogens is 2. The van der Waals surface area contributed by atoms with Gasteiger partial charge < -0.3 is 26.0 Å². The minimum Gasteiger partial charge on any atom is -0.444 e. The zero-order chi connectivity index (χ0) is 23.5. The highest BCUT2D eigenvalue weighted by Gasteiger charge is 2.26. The summed E-state index contributed by atoms with van der Waals surface area (Å²) in [5, 5.41) is 5.66. The molecule has 1 saturated heterocycles. The van der Waals surface area contributed by atoms with Gasteiger partial charge in [0.05, 0.1) is 23.3 Å². The van der Waals surface area contributed by atoms with Crippen LogP contribution in [0.1, 0.15) is 44.1 Å². The number of nitrogens with two attached hydrogens (primary N) is 1. The van der Waals surface area contributed by atoms with Crippen LogP contribution in [0.3, 0.4) is 0 Å². The summed E-state index contributed by atoms with van der Waals surface area (Å²) >= 11 is 2.97. The fourth-order valence-electron chi connectivity index (χ4n) is 3.39. The van der Waals surface area contributed by atoms with Gasteiger partial charge in [-0.15, -0.1) is 0 Å². The number of halogens is 2. The number of rotatable bonds is 4. The Morgan fingerprint density at radius 3 is 2.84 bits per heavy atom. The second-order valence-corrected chi connectivity index (χ2v) is 9.23. The molecule has 2 aromatic heterocycles. The molecule has 0 aliphatic carbocycles. The summed E-state index contributed by atoms with van der Waals surface area (Å²) in [6, 6.07) is 2.71. The zero-order valence-corrected chi connectivity index (χ0v) is 19.7. The second-order valence-electron chi connectivity index (χ2n) is 8.48. The van der Waals surface area contributed by atoms with Crippen molar-refractivity contribution in [3.8, 4) is 0 Å². The molecule has 0 spiro atoms. The van der Waals surface area contributed by atoms with Gasteiger partial charge in [0, 0.05) is 31.4 Å². The molecule has 1 unspecified atom stereocenters. The lowest BCUT2D eigenvalue weighted by molar-refractivity contribution is 0.0500. The monoisotopic (exact) mass is 508 g/mol. The van der Waals surface area contributed by atoms with E-state index in [1.54, 1.807) is 12.3 Å². The number of piperidine rings is 1. The lowest BCUT2D eigenvalue weighted by Gasteiger charge is -2.35. The first-order chi connectivity index (χ1) is 15.0. The molecule has 4 N–H and O–H groups in total. The van der Waals surface area contributed by atoms with E-state index in [0.29, 0.717) is 12.2 Å². The molecular formula is C21H26BrFN6O3. The van der Waals surface area contributed by atoms with Gasteiger partial charge in [0.25, 0.3) is 5.91 Å². The molecule has 1 fully saturated rings. The average molecular weight is 509 g/mol. The third-order valence-corrected chi connectivity index (χ3v) is 5.26. The highest BCUT2D eigenvalue weighted by atomic mass is 79.9. The number of hydrogen-bond acceptors (Lipinski definition) is 7. The van der Waals surface area contributed by atoms with Crippen LogP contribution in [0.25, 0.3) is 0 Å². The first-order valence-electron chi connectivity index (χ1n) is 10.1. The largest absolute Gasteiger partial charge is 0.444 e. The molecular weight excluding hydrogens is 483 g/mol. The molecule has 3 heterocycles. The Hall–Kier alpha value is -2.95. The van der Waals surface area contributed by atoms with Crippen LogP contribution >= 0.6 is 15.9 Å². The molecule has 9 nitrogen and oxygen atoms in total. The number of nitrogens with one attached hydrogen (secondary N) is 2. The standard InChI is InChI=1S/C21H26BrFN6O3/c1-21(2,3)32-20(31)26-12-5-4-8-29(11-12)16-6-7-25-10-15(16)27-19(30)17-14(24)9-13(23)18(22)28-17/h6-7,9-10,12H,4-5,8,11,24H2,1-3H3,(H,26,31)(H,27,30). The Morgan fingerprint density at radius 1 is 1.38 bits per heavy atom. The molecule has 2 amide bonds. The topological polar surface area (TPSA) is 122 Å². The molecule has 0 bridgehead atoms. The van der Waals surface area contributed by atoms with Crippen LogP contribution in [0, 0.1) is 5.82 Å². The van der Waals surface area contributed by atoms with Crippen LogP contribution < -0.4 is 21.3 Å². The molecule has 0 aromatic carbocycles. The summed E-state index contributed by atoms with van der Waals surface area (Å²) in [5.41, 5.74) is 6.21. The second kappa shape index (κ2) is 9.68. The van der Waals surface area contributed by atoms with Crippen molar-refractivity contribution >= 4 is 45.0 Å². The van der Waals surface area contributed by atoms with Gasteiger partial charge in [0.15, 0.2) is 11.5 Å². The van der Waals surface area contributed by atoms with Gasteiger partial charge >= 0.3 is 6.09 Å². The first kappa shape index (κ1) is 23.7. The van der Waals surface area contributed by atoms with Crippen LogP contribution in [0.15, 0.2) is 29.1 Å². The Labute approximate surface area is 194 Å². The maximum Gasteiger partial charge on any atom is 0.407 e. The van der Waals surface area contributed by atoms with Crippen LogP contribution in [-0.2, 0) is 4.74 Å². The maximum atomic E-state index is 13.6. The Balaban J connectivity index is 1.74. The normalized spacial score (nSPS) is 16.4. The van der Waals surface area contributed by atoms with Crippen molar-refractivity contribution in [1.82, 2.24) is 15.3 Å². The van der Waals surface area contributed by atoms with Gasteiger partial charge in [-0.2, -0.15) is 0 Å². The minimum absolute atomic E-state index is 0.0757. The van der Waals surface area contributed by atoms with Crippen LogP contribution in [0.2, 0.25) is 0 Å². The maximum absolute atomic E-state index is 13.6. The Bertz CT molecular complexity index is 1010. The van der Waals surface area contributed by atoms with E-state index in [2.05, 4.69) is 41.4 Å². The molecule has 0 radical (unpaired) electrons. The molecule has 172 valence electrons. The summed E-state index contributed by atoms with van der Waals surface area (Å²) < 4.78 is 18.8. The van der Waals surface area contributed by atoms with Crippen molar-refractivity contribution in [1.29, 1.82) is 0 Å². The SMILES string of the molecule is CC(C)(C)OC(=O)NC1CCCN(c2ccncc2NC(=O)c2nc(Br)c(F)cc2N)C1. The number of amides is 2. The number of nitrogen functional groups attached to an aromatic ring is 1. The van der Waals surface area contributed by atoms with Gasteiger partial charge in [-0.1, -0.05) is 0 Å². The number of nitrogens with zero attached hydrogens (tertiary/aromatic N) is 3. The molecule has 32 heavy (non-hydrogen) atoms. The number of ether oxygens (including phenoxy) is 1. The summed E-state index contributed by atoms with van der Waals surface area (Å²) in [7, 11) is 0. The van der Waals surface area contributed by atoms with Crippen LogP contribution in [-0.4, -0.2) is 46.7 Å². The van der Waals surface area contributed by atoms with E-state index in [-0.39, 0.29) is 22.0 Å². The molecule has 1 aliphatic heterocycles. The Morgan fingerprint density at radius 2 is 2.12 bits per heavy atom. The summed E-state index contributed by atoms with van der Waals surface area (Å²) in [4.78, 5) is 35.0. The average Bonchev–Trinajstić information content (AvgIpc) is 2.69. The minimum atomic E-state index is -0.655. The summed E-state index contributed by atoms with van der Waals surface area (Å²) in [6.45, 7) is 6.71. The van der Waals surface area contributed by atoms with E-state index in [1.165, 1.54) is 6.20 Å². The van der Waals surface area contributed by atoms with Gasteiger partial charge in [-0.25, -0.2) is 14.2 Å². The lowest BCUT2D eigenvalue weighted by atomic mass is 10.0. The van der Waals surface area contributed by atoms with Crippen molar-refractivity contribution < 1.29 is 18.7 Å². The van der Waals surface area contributed by atoms with E-state index in [0.717, 1.165) is 31.1 Å². The van der Waals surface area contributed by atoms with E-state index in [9.17, 15) is 14.0 Å². The number of alkyl carbamates (subject to hydrolysis) is 1. The van der Waals surface area contributed by atoms with E-state index in [4.69, 9.17) is 10.5 Å². The summed E-state index contributed by atoms with van der Waals surface area (Å²) in [6.07, 6.45) is 4.34. The van der Waals surface area contributed by atoms with E-state index >= 15 is 0 Å². The van der Waals surface area contributed by atoms with Gasteiger partial charge in [-0.05, 0) is 55.6 Å². The number of carbonyl (C=O) groups is 2. The van der Waals surface area contributed by atoms with Gasteiger partial charge in [-0.3, -0.25) is 9.78 Å². The van der Waals surface area contributed by atoms with Crippen molar-refractivity contribution in [3.63, 3.8) is 0 Å². The van der Waals surface area contributed by atoms with E-state index in [1.807, 2.05) is 20.8 Å². The molecule has 2 aromatic rings. The molecule has 3 rings (SSSR count). The van der Waals surface area contributed by atoms with Crippen molar-refractivity contribution in [2.24, 2.45) is 0 Å². The highest BCUT2D eigenvalue weighted by molar-refractivity contribution is 9.10. The van der Waals surface area contributed by atoms with Gasteiger partial charge in [0.1, 0.15) is 10.2 Å². The van der Waals surface area contributed by atoms with Crippen molar-refractivity contribution in [2.75, 3.05) is 29.0 Å². The predicted octanol–water partition coefficient (Wildman–Crippen LogP) is 3.71. The Kier molecular flexibility index (Phi) is 7.17. The quantitative estimate of drug-likeness (QED) is 0.537. The fourth-order valence-corrected chi connectivity index (χ4v) is 3.68. The highest BCUT2D eigenvalue weighted by Crippen LogP contribution is 2.29. The molecule has 1 aliphatic rings. The summed E-state index contributed by atoms with van der Waals surface area (Å²) in [5.74, 6) is -1.24. The third kappa shape index (κ3) is 6.06. The number of anilines is 3.